The Morgan fingerprint density at radius 3 is 2.14 bits per heavy atom. The van der Waals surface area contributed by atoms with Gasteiger partial charge in [-0.05, 0) is 37.8 Å². The number of methoxy groups -OCH3 is 2. The molecule has 1 aromatic heterocycles. The standard InChI is InChI=1S/C29H35F2N3O3/c1-36-21-13-14-22(27(15-21)37-2)29-32-25-16-23(30)24(31)17-26(25)33(29)18-28(35)34(19-9-5-3-6-10-19)20-11-7-4-8-12-20/h13-17,19-20H,3-12,18H2,1-2H3. The lowest BCUT2D eigenvalue weighted by Gasteiger charge is -2.42. The molecule has 0 atom stereocenters. The second kappa shape index (κ2) is 11.1. The maximum absolute atomic E-state index is 14.4. The molecule has 8 heteroatoms. The molecular weight excluding hydrogens is 476 g/mol. The zero-order valence-corrected chi connectivity index (χ0v) is 21.6. The molecule has 2 fully saturated rings. The van der Waals surface area contributed by atoms with Gasteiger partial charge in [-0.15, -0.1) is 0 Å². The van der Waals surface area contributed by atoms with Crippen LogP contribution in [0, 0.1) is 11.6 Å². The molecule has 0 aliphatic heterocycles. The van der Waals surface area contributed by atoms with E-state index in [0.717, 1.165) is 63.5 Å². The quantitative estimate of drug-likeness (QED) is 0.364. The first kappa shape index (κ1) is 25.5. The van der Waals surface area contributed by atoms with E-state index in [4.69, 9.17) is 9.47 Å². The smallest absolute Gasteiger partial charge is 0.243 e. The summed E-state index contributed by atoms with van der Waals surface area (Å²) in [6.07, 6.45) is 11.0. The van der Waals surface area contributed by atoms with Gasteiger partial charge in [-0.1, -0.05) is 38.5 Å². The van der Waals surface area contributed by atoms with Crippen molar-refractivity contribution < 1.29 is 23.0 Å². The van der Waals surface area contributed by atoms with Crippen LogP contribution in [0.1, 0.15) is 64.2 Å². The third kappa shape index (κ3) is 5.15. The first-order chi connectivity index (χ1) is 18.0. The summed E-state index contributed by atoms with van der Waals surface area (Å²) < 4.78 is 41.2. The Labute approximate surface area is 216 Å². The molecule has 0 radical (unpaired) electrons. The van der Waals surface area contributed by atoms with Crippen LogP contribution in [0.5, 0.6) is 11.5 Å². The first-order valence-corrected chi connectivity index (χ1v) is 13.4. The third-order valence-corrected chi connectivity index (χ3v) is 7.96. The molecule has 2 aliphatic carbocycles. The molecule has 0 saturated heterocycles. The Morgan fingerprint density at radius 2 is 1.54 bits per heavy atom. The predicted molar refractivity (Wildman–Crippen MR) is 139 cm³/mol. The van der Waals surface area contributed by atoms with Crippen LogP contribution >= 0.6 is 0 Å². The van der Waals surface area contributed by atoms with Crippen LogP contribution in [0.25, 0.3) is 22.4 Å². The Bertz CT molecular complexity index is 1250. The van der Waals surface area contributed by atoms with Crippen LogP contribution in [0.15, 0.2) is 30.3 Å². The Morgan fingerprint density at radius 1 is 0.919 bits per heavy atom. The van der Waals surface area contributed by atoms with Gasteiger partial charge in [0.1, 0.15) is 23.9 Å². The molecular formula is C29H35F2N3O3. The monoisotopic (exact) mass is 511 g/mol. The summed E-state index contributed by atoms with van der Waals surface area (Å²) in [5.41, 5.74) is 1.30. The minimum absolute atomic E-state index is 0.000904. The Hall–Kier alpha value is -3.16. The van der Waals surface area contributed by atoms with Crippen LogP contribution in [0.4, 0.5) is 8.78 Å². The summed E-state index contributed by atoms with van der Waals surface area (Å²) in [6, 6.07) is 7.99. The number of benzene rings is 2. The lowest BCUT2D eigenvalue weighted by molar-refractivity contribution is -0.138. The molecule has 6 nitrogen and oxygen atoms in total. The highest BCUT2D eigenvalue weighted by molar-refractivity contribution is 5.86. The van der Waals surface area contributed by atoms with E-state index in [1.54, 1.807) is 37.0 Å². The van der Waals surface area contributed by atoms with Crippen LogP contribution in [0.3, 0.4) is 0 Å². The van der Waals surface area contributed by atoms with E-state index in [1.165, 1.54) is 12.8 Å². The van der Waals surface area contributed by atoms with E-state index < -0.39 is 11.6 Å². The van der Waals surface area contributed by atoms with Gasteiger partial charge in [0.2, 0.25) is 5.91 Å². The number of ether oxygens (including phenoxy) is 2. The van der Waals surface area contributed by atoms with Crippen LogP contribution in [0.2, 0.25) is 0 Å². The van der Waals surface area contributed by atoms with E-state index >= 15 is 0 Å². The largest absolute Gasteiger partial charge is 0.497 e. The van der Waals surface area contributed by atoms with Gasteiger partial charge >= 0.3 is 0 Å². The van der Waals surface area contributed by atoms with Crippen molar-refractivity contribution in [3.8, 4) is 22.9 Å². The molecule has 198 valence electrons. The number of imidazole rings is 1. The van der Waals surface area contributed by atoms with Crippen molar-refractivity contribution in [2.24, 2.45) is 0 Å². The number of halogens is 2. The summed E-state index contributed by atoms with van der Waals surface area (Å²) in [6.45, 7) is -0.000904. The summed E-state index contributed by atoms with van der Waals surface area (Å²) in [7, 11) is 3.11. The molecule has 2 saturated carbocycles. The molecule has 1 heterocycles. The number of hydrogen-bond donors (Lipinski definition) is 0. The van der Waals surface area contributed by atoms with Gasteiger partial charge in [0.05, 0.1) is 30.8 Å². The van der Waals surface area contributed by atoms with E-state index in [1.807, 2.05) is 0 Å². The number of aromatic nitrogens is 2. The summed E-state index contributed by atoms with van der Waals surface area (Å²) in [5, 5.41) is 0. The lowest BCUT2D eigenvalue weighted by atomic mass is 9.88. The fraction of sp³-hybridized carbons (Fsp3) is 0.517. The third-order valence-electron chi connectivity index (χ3n) is 7.96. The lowest BCUT2D eigenvalue weighted by Crippen LogP contribution is -2.50. The minimum atomic E-state index is -0.970. The minimum Gasteiger partial charge on any atom is -0.497 e. The van der Waals surface area contributed by atoms with Crippen molar-refractivity contribution in [2.75, 3.05) is 14.2 Å². The highest BCUT2D eigenvalue weighted by Gasteiger charge is 2.33. The van der Waals surface area contributed by atoms with Crippen molar-refractivity contribution in [3.63, 3.8) is 0 Å². The summed E-state index contributed by atoms with van der Waals surface area (Å²) >= 11 is 0. The van der Waals surface area contributed by atoms with Crippen molar-refractivity contribution in [1.29, 1.82) is 0 Å². The molecule has 3 aromatic rings. The van der Waals surface area contributed by atoms with Crippen LogP contribution < -0.4 is 9.47 Å². The highest BCUT2D eigenvalue weighted by atomic mass is 19.2. The highest BCUT2D eigenvalue weighted by Crippen LogP contribution is 2.36. The van der Waals surface area contributed by atoms with Crippen molar-refractivity contribution in [3.05, 3.63) is 42.0 Å². The SMILES string of the molecule is COc1ccc(-c2nc3cc(F)c(F)cc3n2CC(=O)N(C2CCCCC2)C2CCCCC2)c(OC)c1. The average Bonchev–Trinajstić information content (AvgIpc) is 3.26. The fourth-order valence-electron chi connectivity index (χ4n) is 6.11. The maximum atomic E-state index is 14.4. The van der Waals surface area contributed by atoms with Gasteiger partial charge in [-0.2, -0.15) is 0 Å². The van der Waals surface area contributed by atoms with Gasteiger partial charge in [-0.25, -0.2) is 13.8 Å². The molecule has 0 spiro atoms. The van der Waals surface area contributed by atoms with Gasteiger partial charge < -0.3 is 18.9 Å². The first-order valence-electron chi connectivity index (χ1n) is 13.4. The van der Waals surface area contributed by atoms with Crippen LogP contribution in [-0.4, -0.2) is 46.7 Å². The molecule has 2 aromatic carbocycles. The van der Waals surface area contributed by atoms with Gasteiger partial charge in [0.25, 0.3) is 0 Å². The number of carbonyl (C=O) groups excluding carboxylic acids is 1. The zero-order chi connectivity index (χ0) is 25.9. The molecule has 0 bridgehead atoms. The van der Waals surface area contributed by atoms with Gasteiger partial charge in [0, 0.05) is 30.3 Å². The second-order valence-electron chi connectivity index (χ2n) is 10.2. The second-order valence-corrected chi connectivity index (χ2v) is 10.2. The number of hydrogen-bond acceptors (Lipinski definition) is 4. The van der Waals surface area contributed by atoms with E-state index in [-0.39, 0.29) is 24.5 Å². The summed E-state index contributed by atoms with van der Waals surface area (Å²) in [4.78, 5) is 20.9. The van der Waals surface area contributed by atoms with E-state index in [0.29, 0.717) is 33.9 Å². The van der Waals surface area contributed by atoms with Gasteiger partial charge in [-0.3, -0.25) is 4.79 Å². The van der Waals surface area contributed by atoms with Crippen molar-refractivity contribution in [1.82, 2.24) is 14.5 Å². The number of carbonyl (C=O) groups is 1. The topological polar surface area (TPSA) is 56.6 Å². The van der Waals surface area contributed by atoms with Crippen LogP contribution in [-0.2, 0) is 11.3 Å². The Kier molecular flexibility index (Phi) is 7.63. The zero-order valence-electron chi connectivity index (χ0n) is 21.6. The molecule has 5 rings (SSSR count). The molecule has 1 amide bonds. The maximum Gasteiger partial charge on any atom is 0.243 e. The Balaban J connectivity index is 1.59. The predicted octanol–water partition coefficient (Wildman–Crippen LogP) is 6.49. The molecule has 2 aliphatic rings. The fourth-order valence-corrected chi connectivity index (χ4v) is 6.11. The van der Waals surface area contributed by atoms with E-state index in [2.05, 4.69) is 9.88 Å². The summed E-state index contributed by atoms with van der Waals surface area (Å²) in [5.74, 6) is -0.386. The number of fused-ring (bicyclic) bond motifs is 1. The van der Waals surface area contributed by atoms with E-state index in [9.17, 15) is 13.6 Å². The van der Waals surface area contributed by atoms with Crippen molar-refractivity contribution in [2.45, 2.75) is 82.8 Å². The van der Waals surface area contributed by atoms with Gasteiger partial charge in [0.15, 0.2) is 11.6 Å². The number of rotatable bonds is 7. The van der Waals surface area contributed by atoms with Crippen molar-refractivity contribution >= 4 is 16.9 Å². The average molecular weight is 512 g/mol. The number of nitrogens with zero attached hydrogens (tertiary/aromatic N) is 3. The molecule has 0 N–H and O–H groups in total. The number of amides is 1. The molecule has 0 unspecified atom stereocenters. The normalized spacial score (nSPS) is 17.2. The molecule has 37 heavy (non-hydrogen) atoms.